The lowest BCUT2D eigenvalue weighted by Gasteiger charge is -2.18. The van der Waals surface area contributed by atoms with Gasteiger partial charge in [-0.05, 0) is 56.1 Å². The molecule has 1 atom stereocenters. The smallest absolute Gasteiger partial charge is 0.122 e. The summed E-state index contributed by atoms with van der Waals surface area (Å²) in [5.41, 5.74) is 3.77. The van der Waals surface area contributed by atoms with E-state index in [9.17, 15) is 0 Å². The van der Waals surface area contributed by atoms with Crippen molar-refractivity contribution in [2.45, 2.75) is 25.8 Å². The molecule has 0 amide bonds. The molecule has 112 valence electrons. The Kier molecular flexibility index (Phi) is 5.66. The zero-order chi connectivity index (χ0) is 15.2. The normalized spacial score (nSPS) is 12.2. The van der Waals surface area contributed by atoms with Gasteiger partial charge in [0.15, 0.2) is 0 Å². The number of aryl methyl sites for hydroxylation is 1. The summed E-state index contributed by atoms with van der Waals surface area (Å²) in [5, 5.41) is 4.14. The van der Waals surface area contributed by atoms with Gasteiger partial charge in [-0.1, -0.05) is 41.4 Å². The molecule has 0 aliphatic carbocycles. The molecule has 2 aromatic carbocycles. The highest BCUT2D eigenvalue weighted by atomic mass is 35.5. The van der Waals surface area contributed by atoms with Crippen molar-refractivity contribution >= 4 is 11.6 Å². The van der Waals surface area contributed by atoms with Crippen molar-refractivity contribution in [2.24, 2.45) is 0 Å². The van der Waals surface area contributed by atoms with Gasteiger partial charge in [-0.15, -0.1) is 0 Å². The van der Waals surface area contributed by atoms with Crippen LogP contribution in [-0.2, 0) is 12.8 Å². The molecule has 0 spiro atoms. The van der Waals surface area contributed by atoms with Gasteiger partial charge in [0.1, 0.15) is 5.75 Å². The first-order chi connectivity index (χ1) is 10.1. The summed E-state index contributed by atoms with van der Waals surface area (Å²) in [7, 11) is 3.69. The van der Waals surface area contributed by atoms with E-state index in [1.54, 1.807) is 7.11 Å². The summed E-state index contributed by atoms with van der Waals surface area (Å²) >= 11 is 6.11. The molecule has 1 N–H and O–H groups in total. The number of nitrogens with one attached hydrogen (secondary N) is 1. The molecule has 0 aliphatic heterocycles. The van der Waals surface area contributed by atoms with Crippen LogP contribution in [0.5, 0.6) is 5.75 Å². The first-order valence-electron chi connectivity index (χ1n) is 7.17. The third-order valence-corrected chi connectivity index (χ3v) is 3.92. The number of hydrogen-bond donors (Lipinski definition) is 1. The Balaban J connectivity index is 2.14. The van der Waals surface area contributed by atoms with Crippen molar-refractivity contribution in [3.63, 3.8) is 0 Å². The van der Waals surface area contributed by atoms with E-state index >= 15 is 0 Å². The van der Waals surface area contributed by atoms with Crippen LogP contribution in [0.25, 0.3) is 0 Å². The van der Waals surface area contributed by atoms with E-state index in [0.29, 0.717) is 6.04 Å². The maximum Gasteiger partial charge on any atom is 0.122 e. The predicted molar refractivity (Wildman–Crippen MR) is 89.4 cm³/mol. The fraction of sp³-hybridized carbons (Fsp3) is 0.333. The van der Waals surface area contributed by atoms with Crippen molar-refractivity contribution in [1.29, 1.82) is 0 Å². The molecule has 21 heavy (non-hydrogen) atoms. The van der Waals surface area contributed by atoms with Crippen LogP contribution in [0.2, 0.25) is 5.02 Å². The predicted octanol–water partition coefficient (Wildman–Crippen LogP) is 4.03. The van der Waals surface area contributed by atoms with E-state index in [0.717, 1.165) is 29.2 Å². The summed E-state index contributed by atoms with van der Waals surface area (Å²) < 4.78 is 5.43. The second kappa shape index (κ2) is 7.48. The molecule has 0 bridgehead atoms. The van der Waals surface area contributed by atoms with Crippen molar-refractivity contribution in [3.05, 3.63) is 64.2 Å². The van der Waals surface area contributed by atoms with Gasteiger partial charge in [0.05, 0.1) is 7.11 Å². The van der Waals surface area contributed by atoms with E-state index in [2.05, 4.69) is 36.5 Å². The Morgan fingerprint density at radius 2 is 1.95 bits per heavy atom. The van der Waals surface area contributed by atoms with Crippen molar-refractivity contribution < 1.29 is 4.74 Å². The monoisotopic (exact) mass is 303 g/mol. The van der Waals surface area contributed by atoms with Gasteiger partial charge >= 0.3 is 0 Å². The minimum atomic E-state index is 0.346. The molecular formula is C18H22ClNO. The second-order valence-electron chi connectivity index (χ2n) is 5.34. The van der Waals surface area contributed by atoms with Crippen molar-refractivity contribution in [3.8, 4) is 5.75 Å². The van der Waals surface area contributed by atoms with E-state index in [1.807, 2.05) is 25.2 Å². The van der Waals surface area contributed by atoms with Crippen LogP contribution in [0.15, 0.2) is 42.5 Å². The molecule has 0 fully saturated rings. The first-order valence-corrected chi connectivity index (χ1v) is 7.55. The summed E-state index contributed by atoms with van der Waals surface area (Å²) in [6.07, 6.45) is 1.86. The minimum Gasteiger partial charge on any atom is -0.496 e. The van der Waals surface area contributed by atoms with Crippen LogP contribution in [0.3, 0.4) is 0 Å². The number of benzene rings is 2. The molecule has 1 unspecified atom stereocenters. The molecule has 2 aromatic rings. The lowest BCUT2D eigenvalue weighted by Crippen LogP contribution is -2.30. The highest BCUT2D eigenvalue weighted by Crippen LogP contribution is 2.24. The minimum absolute atomic E-state index is 0.346. The molecule has 0 aromatic heterocycles. The van der Waals surface area contributed by atoms with Crippen LogP contribution < -0.4 is 10.1 Å². The van der Waals surface area contributed by atoms with Crippen molar-refractivity contribution in [2.75, 3.05) is 14.2 Å². The summed E-state index contributed by atoms with van der Waals surface area (Å²) in [5.74, 6) is 0.892. The zero-order valence-electron chi connectivity index (χ0n) is 12.8. The standard InChI is InChI=1S/C18H22ClNO/c1-13-5-4-6-14(9-13)10-17(20-2)12-15-11-16(19)7-8-18(15)21-3/h4-9,11,17,20H,10,12H2,1-3H3. The van der Waals surface area contributed by atoms with E-state index in [-0.39, 0.29) is 0 Å². The third kappa shape index (κ3) is 4.48. The largest absolute Gasteiger partial charge is 0.496 e. The Morgan fingerprint density at radius 3 is 2.62 bits per heavy atom. The number of halogens is 1. The highest BCUT2D eigenvalue weighted by molar-refractivity contribution is 6.30. The van der Waals surface area contributed by atoms with E-state index in [1.165, 1.54) is 11.1 Å². The Labute approximate surface area is 132 Å². The van der Waals surface area contributed by atoms with Gasteiger partial charge in [0, 0.05) is 11.1 Å². The highest BCUT2D eigenvalue weighted by Gasteiger charge is 2.12. The Hall–Kier alpha value is -1.51. The summed E-state index contributed by atoms with van der Waals surface area (Å²) in [6, 6.07) is 14.8. The topological polar surface area (TPSA) is 21.3 Å². The molecule has 0 aliphatic rings. The summed E-state index contributed by atoms with van der Waals surface area (Å²) in [4.78, 5) is 0. The maximum absolute atomic E-state index is 6.11. The first kappa shape index (κ1) is 15.9. The molecule has 0 saturated carbocycles. The molecular weight excluding hydrogens is 282 g/mol. The molecule has 2 rings (SSSR count). The number of likely N-dealkylation sites (N-methyl/N-ethyl adjacent to an activating group) is 1. The van der Waals surface area contributed by atoms with Crippen LogP contribution in [0, 0.1) is 6.92 Å². The molecule has 2 nitrogen and oxygen atoms in total. The average molecular weight is 304 g/mol. The second-order valence-corrected chi connectivity index (χ2v) is 5.78. The Morgan fingerprint density at radius 1 is 1.14 bits per heavy atom. The molecule has 0 radical (unpaired) electrons. The number of rotatable bonds is 6. The van der Waals surface area contributed by atoms with Gasteiger partial charge in [-0.3, -0.25) is 0 Å². The molecule has 3 heteroatoms. The van der Waals surface area contributed by atoms with Crippen LogP contribution in [0.4, 0.5) is 0 Å². The number of hydrogen-bond acceptors (Lipinski definition) is 2. The van der Waals surface area contributed by atoms with Crippen molar-refractivity contribution in [1.82, 2.24) is 5.32 Å². The fourth-order valence-electron chi connectivity index (χ4n) is 2.57. The molecule has 0 heterocycles. The SMILES string of the molecule is CNC(Cc1cccc(C)c1)Cc1cc(Cl)ccc1OC. The number of ether oxygens (including phenoxy) is 1. The van der Waals surface area contributed by atoms with Gasteiger partial charge in [-0.2, -0.15) is 0 Å². The van der Waals surface area contributed by atoms with E-state index < -0.39 is 0 Å². The average Bonchev–Trinajstić information content (AvgIpc) is 2.47. The lowest BCUT2D eigenvalue weighted by atomic mass is 9.97. The lowest BCUT2D eigenvalue weighted by molar-refractivity contribution is 0.406. The van der Waals surface area contributed by atoms with Gasteiger partial charge in [-0.25, -0.2) is 0 Å². The quantitative estimate of drug-likeness (QED) is 0.870. The maximum atomic E-state index is 6.11. The Bertz CT molecular complexity index is 598. The van der Waals surface area contributed by atoms with Crippen LogP contribution in [-0.4, -0.2) is 20.2 Å². The molecule has 0 saturated heterocycles. The van der Waals surface area contributed by atoms with E-state index in [4.69, 9.17) is 16.3 Å². The van der Waals surface area contributed by atoms with Gasteiger partial charge < -0.3 is 10.1 Å². The zero-order valence-corrected chi connectivity index (χ0v) is 13.6. The summed E-state index contributed by atoms with van der Waals surface area (Å²) in [6.45, 7) is 2.12. The van der Waals surface area contributed by atoms with Crippen LogP contribution in [0.1, 0.15) is 16.7 Å². The van der Waals surface area contributed by atoms with Gasteiger partial charge in [0.25, 0.3) is 0 Å². The fourth-order valence-corrected chi connectivity index (χ4v) is 2.77. The van der Waals surface area contributed by atoms with Crippen LogP contribution >= 0.6 is 11.6 Å². The number of methoxy groups -OCH3 is 1. The van der Waals surface area contributed by atoms with Gasteiger partial charge in [0.2, 0.25) is 0 Å². The third-order valence-electron chi connectivity index (χ3n) is 3.68.